The number of anilines is 1. The predicted octanol–water partition coefficient (Wildman–Crippen LogP) is 5.08. The topological polar surface area (TPSA) is 37.4 Å². The Bertz CT molecular complexity index is 991. The SMILES string of the molecule is CN(C)c1ccc2c(c1)C[C@]13CCC(=O)C=C1CC[C@@H]1[C@@H]3[C@@H]2C[C@]2(C)C(=O)CC[C@H]12. The summed E-state index contributed by atoms with van der Waals surface area (Å²) >= 11 is 0. The fraction of sp³-hybridized carbons (Fsp3) is 0.630. The third kappa shape index (κ3) is 2.27. The normalized spacial score (nSPS) is 41.4. The number of ketones is 2. The Morgan fingerprint density at radius 1 is 1.07 bits per heavy atom. The molecule has 5 aliphatic rings. The first-order valence-electron chi connectivity index (χ1n) is 11.9. The maximum Gasteiger partial charge on any atom is 0.155 e. The smallest absolute Gasteiger partial charge is 0.155 e. The van der Waals surface area contributed by atoms with Crippen molar-refractivity contribution in [2.75, 3.05) is 19.0 Å². The van der Waals surface area contributed by atoms with E-state index in [9.17, 15) is 9.59 Å². The fourth-order valence-electron chi connectivity index (χ4n) is 8.65. The molecule has 0 radical (unpaired) electrons. The van der Waals surface area contributed by atoms with Crippen molar-refractivity contribution in [1.82, 2.24) is 0 Å². The van der Waals surface area contributed by atoms with Crippen LogP contribution in [-0.4, -0.2) is 25.7 Å². The molecule has 3 fully saturated rings. The first-order valence-corrected chi connectivity index (χ1v) is 11.9. The number of hydrogen-bond acceptors (Lipinski definition) is 3. The van der Waals surface area contributed by atoms with Crippen LogP contribution in [0.25, 0.3) is 0 Å². The highest BCUT2D eigenvalue weighted by atomic mass is 16.1. The Morgan fingerprint density at radius 3 is 2.70 bits per heavy atom. The van der Waals surface area contributed by atoms with Crippen LogP contribution in [0.4, 0.5) is 5.69 Å². The lowest BCUT2D eigenvalue weighted by Gasteiger charge is -2.63. The number of carbonyl (C=O) groups excluding carboxylic acids is 2. The van der Waals surface area contributed by atoms with Gasteiger partial charge in [0, 0.05) is 38.0 Å². The standard InChI is InChI=1S/C27H33NO2/c1-26-15-22-20-7-5-18(28(2)3)12-16(20)14-27-11-10-19(29)13-17(27)4-6-21(25(22)27)23(26)8-9-24(26)30/h5,7,12-13,21-23,25H,4,6,8-11,14-15H2,1-3H3/t21-,22+,23+,25+,26-,27+/m0/s1. The van der Waals surface area contributed by atoms with E-state index in [1.54, 1.807) is 0 Å². The van der Waals surface area contributed by atoms with Crippen LogP contribution in [0.5, 0.6) is 0 Å². The number of benzene rings is 1. The van der Waals surface area contributed by atoms with E-state index in [2.05, 4.69) is 44.1 Å². The molecular formula is C27H33NO2. The van der Waals surface area contributed by atoms with Crippen molar-refractivity contribution in [1.29, 1.82) is 0 Å². The summed E-state index contributed by atoms with van der Waals surface area (Å²) in [5.74, 6) is 3.08. The van der Waals surface area contributed by atoms with Crippen LogP contribution >= 0.6 is 0 Å². The molecule has 0 N–H and O–H groups in total. The van der Waals surface area contributed by atoms with Gasteiger partial charge >= 0.3 is 0 Å². The summed E-state index contributed by atoms with van der Waals surface area (Å²) in [6.07, 6.45) is 9.92. The molecule has 3 nitrogen and oxygen atoms in total. The Kier molecular flexibility index (Phi) is 3.82. The van der Waals surface area contributed by atoms with Crippen LogP contribution in [-0.2, 0) is 16.0 Å². The maximum atomic E-state index is 13.1. The van der Waals surface area contributed by atoms with Gasteiger partial charge in [0.2, 0.25) is 0 Å². The van der Waals surface area contributed by atoms with E-state index in [4.69, 9.17) is 0 Å². The molecule has 5 aliphatic carbocycles. The van der Waals surface area contributed by atoms with Gasteiger partial charge in [0.15, 0.2) is 5.78 Å². The summed E-state index contributed by atoms with van der Waals surface area (Å²) in [7, 11) is 4.21. The first-order chi connectivity index (χ1) is 14.3. The third-order valence-corrected chi connectivity index (χ3v) is 9.92. The van der Waals surface area contributed by atoms with Gasteiger partial charge in [-0.25, -0.2) is 0 Å². The van der Waals surface area contributed by atoms with Crippen molar-refractivity contribution >= 4 is 17.3 Å². The molecule has 158 valence electrons. The third-order valence-electron chi connectivity index (χ3n) is 9.92. The van der Waals surface area contributed by atoms with Gasteiger partial charge in [-0.15, -0.1) is 0 Å². The van der Waals surface area contributed by atoms with Gasteiger partial charge in [-0.3, -0.25) is 9.59 Å². The van der Waals surface area contributed by atoms with E-state index in [0.29, 0.717) is 41.7 Å². The molecule has 0 saturated heterocycles. The molecule has 0 amide bonds. The highest BCUT2D eigenvalue weighted by molar-refractivity contribution is 5.92. The van der Waals surface area contributed by atoms with E-state index in [1.165, 1.54) is 28.8 Å². The zero-order chi connectivity index (χ0) is 20.8. The average Bonchev–Trinajstić information content (AvgIpc) is 3.02. The highest BCUT2D eigenvalue weighted by Gasteiger charge is 2.64. The maximum absolute atomic E-state index is 13.1. The molecule has 0 unspecified atom stereocenters. The lowest BCUT2D eigenvalue weighted by atomic mass is 9.40. The minimum absolute atomic E-state index is 0.145. The van der Waals surface area contributed by atoms with Crippen LogP contribution < -0.4 is 4.90 Å². The zero-order valence-corrected chi connectivity index (χ0v) is 18.5. The van der Waals surface area contributed by atoms with Gasteiger partial charge in [-0.2, -0.15) is 0 Å². The van der Waals surface area contributed by atoms with Gasteiger partial charge < -0.3 is 4.90 Å². The van der Waals surface area contributed by atoms with Crippen LogP contribution in [0.3, 0.4) is 0 Å². The molecule has 30 heavy (non-hydrogen) atoms. The van der Waals surface area contributed by atoms with Gasteiger partial charge in [0.25, 0.3) is 0 Å². The first kappa shape index (κ1) is 18.8. The second kappa shape index (κ2) is 6.08. The summed E-state index contributed by atoms with van der Waals surface area (Å²) in [5, 5.41) is 0. The lowest BCUT2D eigenvalue weighted by Crippen LogP contribution is -2.57. The monoisotopic (exact) mass is 403 g/mol. The molecular weight excluding hydrogens is 370 g/mol. The van der Waals surface area contributed by atoms with E-state index in [1.807, 2.05) is 6.08 Å². The molecule has 0 heterocycles. The zero-order valence-electron chi connectivity index (χ0n) is 18.5. The van der Waals surface area contributed by atoms with Crippen LogP contribution in [0.2, 0.25) is 0 Å². The van der Waals surface area contributed by atoms with Crippen LogP contribution in [0.15, 0.2) is 29.8 Å². The lowest BCUT2D eigenvalue weighted by molar-refractivity contribution is -0.135. The van der Waals surface area contributed by atoms with E-state index in [0.717, 1.165) is 38.5 Å². The molecule has 6 rings (SSSR count). The largest absolute Gasteiger partial charge is 0.378 e. The molecule has 1 spiro atoms. The van der Waals surface area contributed by atoms with Crippen molar-refractivity contribution < 1.29 is 9.59 Å². The predicted molar refractivity (Wildman–Crippen MR) is 119 cm³/mol. The number of hydrogen-bond donors (Lipinski definition) is 0. The summed E-state index contributed by atoms with van der Waals surface area (Å²) in [6.45, 7) is 2.29. The molecule has 0 aliphatic heterocycles. The van der Waals surface area contributed by atoms with Crippen molar-refractivity contribution in [3.8, 4) is 0 Å². The second-order valence-electron chi connectivity index (χ2n) is 11.3. The van der Waals surface area contributed by atoms with Gasteiger partial charge in [0.1, 0.15) is 5.78 Å². The summed E-state index contributed by atoms with van der Waals surface area (Å²) in [6, 6.07) is 7.03. The van der Waals surface area contributed by atoms with E-state index in [-0.39, 0.29) is 10.8 Å². The van der Waals surface area contributed by atoms with Gasteiger partial charge in [-0.05, 0) is 96.9 Å². The van der Waals surface area contributed by atoms with Crippen molar-refractivity contribution in [3.05, 3.63) is 41.0 Å². The van der Waals surface area contributed by atoms with Gasteiger partial charge in [0.05, 0.1) is 0 Å². The van der Waals surface area contributed by atoms with Crippen molar-refractivity contribution in [3.63, 3.8) is 0 Å². The highest BCUT2D eigenvalue weighted by Crippen LogP contribution is 2.70. The molecule has 1 aromatic rings. The Morgan fingerprint density at radius 2 is 1.90 bits per heavy atom. The summed E-state index contributed by atoms with van der Waals surface area (Å²) < 4.78 is 0. The fourth-order valence-corrected chi connectivity index (χ4v) is 8.65. The summed E-state index contributed by atoms with van der Waals surface area (Å²) in [4.78, 5) is 27.6. The Hall–Kier alpha value is -1.90. The number of rotatable bonds is 1. The molecule has 0 aromatic heterocycles. The number of nitrogens with zero attached hydrogens (tertiary/aromatic N) is 1. The molecule has 3 heteroatoms. The molecule has 3 saturated carbocycles. The summed E-state index contributed by atoms with van der Waals surface area (Å²) in [5.41, 5.74) is 5.67. The quantitative estimate of drug-likeness (QED) is 0.656. The molecule has 6 atom stereocenters. The number of fused-ring (bicyclic) bond motifs is 4. The Balaban J connectivity index is 1.56. The average molecular weight is 404 g/mol. The van der Waals surface area contributed by atoms with Crippen molar-refractivity contribution in [2.45, 2.75) is 64.2 Å². The number of Topliss-reactive ketones (excluding diaryl/α,β-unsaturated/α-hetero) is 1. The number of allylic oxidation sites excluding steroid dienone is 1. The minimum atomic E-state index is -0.145. The Labute approximate surface area is 179 Å². The van der Waals surface area contributed by atoms with Gasteiger partial charge in [-0.1, -0.05) is 18.6 Å². The minimum Gasteiger partial charge on any atom is -0.378 e. The second-order valence-corrected chi connectivity index (χ2v) is 11.3. The molecule has 1 aromatic carbocycles. The van der Waals surface area contributed by atoms with E-state index >= 15 is 0 Å². The number of carbonyl (C=O) groups is 2. The molecule has 0 bridgehead atoms. The van der Waals surface area contributed by atoms with E-state index < -0.39 is 0 Å². The van der Waals surface area contributed by atoms with Crippen LogP contribution in [0.1, 0.15) is 68.9 Å². The van der Waals surface area contributed by atoms with Crippen molar-refractivity contribution in [2.24, 2.45) is 28.6 Å². The van der Waals surface area contributed by atoms with Crippen LogP contribution in [0, 0.1) is 28.6 Å².